The molecule has 1 atom stereocenters. The van der Waals surface area contributed by atoms with Crippen molar-refractivity contribution in [3.8, 4) is 0 Å². The summed E-state index contributed by atoms with van der Waals surface area (Å²) < 4.78 is 0. The first-order valence-corrected chi connectivity index (χ1v) is 6.32. The molecule has 3 N–H and O–H groups in total. The summed E-state index contributed by atoms with van der Waals surface area (Å²) in [7, 11) is 0. The molecule has 0 heterocycles. The van der Waals surface area contributed by atoms with E-state index in [1.165, 1.54) is 0 Å². The molecule has 1 aromatic rings. The Hall–Kier alpha value is -1.55. The number of anilines is 1. The van der Waals surface area contributed by atoms with Crippen LogP contribution in [-0.2, 0) is 6.42 Å². The number of benzene rings is 1. The molecule has 100 valence electrons. The van der Waals surface area contributed by atoms with Gasteiger partial charge in [-0.1, -0.05) is 32.0 Å². The summed E-state index contributed by atoms with van der Waals surface area (Å²) in [4.78, 5) is 11.9. The molecule has 2 amide bonds. The Bertz CT molecular complexity index is 401. The zero-order valence-corrected chi connectivity index (χ0v) is 11.3. The number of hydrogen-bond acceptors (Lipinski definition) is 2. The Morgan fingerprint density at radius 1 is 1.33 bits per heavy atom. The fourth-order valence-corrected chi connectivity index (χ4v) is 1.62. The van der Waals surface area contributed by atoms with Crippen molar-refractivity contribution in [3.05, 3.63) is 29.8 Å². The molecule has 0 saturated heterocycles. The van der Waals surface area contributed by atoms with Crippen LogP contribution >= 0.6 is 0 Å². The molecule has 0 aromatic heterocycles. The predicted molar refractivity (Wildman–Crippen MR) is 73.8 cm³/mol. The highest BCUT2D eigenvalue weighted by molar-refractivity contribution is 5.90. The minimum absolute atomic E-state index is 0.0770. The average Bonchev–Trinajstić information content (AvgIpc) is 2.39. The summed E-state index contributed by atoms with van der Waals surface area (Å²) in [6.45, 7) is 5.71. The molecule has 0 aliphatic rings. The third-order valence-corrected chi connectivity index (χ3v) is 3.19. The normalized spacial score (nSPS) is 13.8. The number of carbonyl (C=O) groups is 1. The quantitative estimate of drug-likeness (QED) is 0.752. The molecule has 1 aromatic carbocycles. The minimum atomic E-state index is -0.578. The van der Waals surface area contributed by atoms with E-state index in [1.54, 1.807) is 0 Å². The largest absolute Gasteiger partial charge is 0.394 e. The Labute approximate surface area is 108 Å². The number of aliphatic hydroxyl groups is 1. The summed E-state index contributed by atoms with van der Waals surface area (Å²) in [5, 5.41) is 14.9. The van der Waals surface area contributed by atoms with Crippen LogP contribution in [0.4, 0.5) is 10.5 Å². The van der Waals surface area contributed by atoms with Crippen molar-refractivity contribution in [2.75, 3.05) is 11.9 Å². The first-order valence-electron chi connectivity index (χ1n) is 6.32. The maximum atomic E-state index is 11.9. The number of aryl methyl sites for hydroxylation is 1. The third-order valence-electron chi connectivity index (χ3n) is 3.19. The number of rotatable bonds is 5. The van der Waals surface area contributed by atoms with Gasteiger partial charge in [-0.25, -0.2) is 4.79 Å². The van der Waals surface area contributed by atoms with E-state index >= 15 is 0 Å². The van der Waals surface area contributed by atoms with Crippen LogP contribution in [0.1, 0.15) is 32.8 Å². The molecule has 0 bridgehead atoms. The van der Waals surface area contributed by atoms with Crippen molar-refractivity contribution in [3.63, 3.8) is 0 Å². The van der Waals surface area contributed by atoms with Crippen LogP contribution in [-0.4, -0.2) is 23.3 Å². The van der Waals surface area contributed by atoms with Crippen LogP contribution in [0.2, 0.25) is 0 Å². The second kappa shape index (κ2) is 6.40. The second-order valence-electron chi connectivity index (χ2n) is 4.66. The first-order chi connectivity index (χ1) is 8.54. The molecule has 0 saturated carbocycles. The maximum absolute atomic E-state index is 11.9. The standard InChI is InChI=1S/C14H22N2O2/c1-4-11-8-6-7-9-12(11)15-13(18)16-14(3,5-2)10-17/h6-9,17H,4-5,10H2,1-3H3,(H2,15,16,18). The molecule has 0 fully saturated rings. The van der Waals surface area contributed by atoms with Gasteiger partial charge in [-0.05, 0) is 31.4 Å². The topological polar surface area (TPSA) is 61.4 Å². The van der Waals surface area contributed by atoms with E-state index in [0.717, 1.165) is 17.7 Å². The van der Waals surface area contributed by atoms with Crippen molar-refractivity contribution < 1.29 is 9.90 Å². The average molecular weight is 250 g/mol. The number of carbonyl (C=O) groups excluding carboxylic acids is 1. The number of para-hydroxylation sites is 1. The van der Waals surface area contributed by atoms with E-state index in [4.69, 9.17) is 0 Å². The molecule has 4 heteroatoms. The lowest BCUT2D eigenvalue weighted by Crippen LogP contribution is -2.50. The van der Waals surface area contributed by atoms with Gasteiger partial charge in [0, 0.05) is 5.69 Å². The molecule has 0 aliphatic carbocycles. The monoisotopic (exact) mass is 250 g/mol. The Morgan fingerprint density at radius 2 is 2.00 bits per heavy atom. The van der Waals surface area contributed by atoms with Gasteiger partial charge in [0.25, 0.3) is 0 Å². The van der Waals surface area contributed by atoms with Crippen LogP contribution in [0.15, 0.2) is 24.3 Å². The number of nitrogens with one attached hydrogen (secondary N) is 2. The zero-order chi connectivity index (χ0) is 13.6. The van der Waals surface area contributed by atoms with Crippen LogP contribution in [0.25, 0.3) is 0 Å². The van der Waals surface area contributed by atoms with Gasteiger partial charge in [-0.15, -0.1) is 0 Å². The van der Waals surface area contributed by atoms with Gasteiger partial charge in [-0.3, -0.25) is 0 Å². The van der Waals surface area contributed by atoms with Crippen LogP contribution in [0.5, 0.6) is 0 Å². The van der Waals surface area contributed by atoms with Gasteiger partial charge in [0.05, 0.1) is 12.1 Å². The van der Waals surface area contributed by atoms with Crippen LogP contribution in [0, 0.1) is 0 Å². The summed E-state index contributed by atoms with van der Waals surface area (Å²) in [6.07, 6.45) is 1.54. The first kappa shape index (κ1) is 14.5. The molecule has 1 unspecified atom stereocenters. The highest BCUT2D eigenvalue weighted by Crippen LogP contribution is 2.16. The minimum Gasteiger partial charge on any atom is -0.394 e. The van der Waals surface area contributed by atoms with Crippen molar-refractivity contribution in [2.24, 2.45) is 0 Å². The van der Waals surface area contributed by atoms with Crippen LogP contribution in [0.3, 0.4) is 0 Å². The van der Waals surface area contributed by atoms with E-state index in [1.807, 2.05) is 45.0 Å². The zero-order valence-electron chi connectivity index (χ0n) is 11.3. The van der Waals surface area contributed by atoms with Crippen molar-refractivity contribution in [2.45, 2.75) is 39.2 Å². The lowest BCUT2D eigenvalue weighted by atomic mass is 10.0. The molecule has 0 radical (unpaired) electrons. The van der Waals surface area contributed by atoms with Gasteiger partial charge in [-0.2, -0.15) is 0 Å². The fraction of sp³-hybridized carbons (Fsp3) is 0.500. The van der Waals surface area contributed by atoms with Gasteiger partial charge in [0.1, 0.15) is 0 Å². The molecular formula is C14H22N2O2. The lowest BCUT2D eigenvalue weighted by molar-refractivity contribution is 0.172. The maximum Gasteiger partial charge on any atom is 0.319 e. The number of aliphatic hydroxyl groups excluding tert-OH is 1. The molecular weight excluding hydrogens is 228 g/mol. The van der Waals surface area contributed by atoms with Crippen molar-refractivity contribution in [1.29, 1.82) is 0 Å². The Balaban J connectivity index is 2.70. The second-order valence-corrected chi connectivity index (χ2v) is 4.66. The third kappa shape index (κ3) is 3.74. The Morgan fingerprint density at radius 3 is 2.56 bits per heavy atom. The molecule has 4 nitrogen and oxygen atoms in total. The molecule has 0 spiro atoms. The van der Waals surface area contributed by atoms with Crippen molar-refractivity contribution >= 4 is 11.7 Å². The van der Waals surface area contributed by atoms with E-state index in [9.17, 15) is 9.90 Å². The highest BCUT2D eigenvalue weighted by Gasteiger charge is 2.23. The highest BCUT2D eigenvalue weighted by atomic mass is 16.3. The van der Waals surface area contributed by atoms with Gasteiger partial charge in [0.2, 0.25) is 0 Å². The summed E-state index contributed by atoms with van der Waals surface area (Å²) in [5.74, 6) is 0. The van der Waals surface area contributed by atoms with Crippen LogP contribution < -0.4 is 10.6 Å². The summed E-state index contributed by atoms with van der Waals surface area (Å²) >= 11 is 0. The number of hydrogen-bond donors (Lipinski definition) is 3. The van der Waals surface area contributed by atoms with E-state index in [2.05, 4.69) is 10.6 Å². The SMILES string of the molecule is CCc1ccccc1NC(=O)NC(C)(CC)CO. The Kier molecular flexibility index (Phi) is 5.16. The van der Waals surface area contributed by atoms with Gasteiger partial charge >= 0.3 is 6.03 Å². The van der Waals surface area contributed by atoms with E-state index < -0.39 is 5.54 Å². The summed E-state index contributed by atoms with van der Waals surface area (Å²) in [6, 6.07) is 7.42. The van der Waals surface area contributed by atoms with Gasteiger partial charge < -0.3 is 15.7 Å². The molecule has 18 heavy (non-hydrogen) atoms. The molecule has 0 aliphatic heterocycles. The van der Waals surface area contributed by atoms with E-state index in [-0.39, 0.29) is 12.6 Å². The number of amides is 2. The summed E-state index contributed by atoms with van der Waals surface area (Å²) in [5.41, 5.74) is 1.33. The molecule has 1 rings (SSSR count). The number of urea groups is 1. The smallest absolute Gasteiger partial charge is 0.319 e. The fourth-order valence-electron chi connectivity index (χ4n) is 1.62. The predicted octanol–water partition coefficient (Wildman–Crippen LogP) is 2.53. The van der Waals surface area contributed by atoms with Crippen molar-refractivity contribution in [1.82, 2.24) is 5.32 Å². The van der Waals surface area contributed by atoms with Gasteiger partial charge in [0.15, 0.2) is 0 Å². The lowest BCUT2D eigenvalue weighted by Gasteiger charge is -2.27. The van der Waals surface area contributed by atoms with E-state index in [0.29, 0.717) is 6.42 Å².